The quantitative estimate of drug-likeness (QED) is 0.564. The fourth-order valence-electron chi connectivity index (χ4n) is 2.12. The molecule has 1 aromatic rings. The number of methoxy groups -OCH3 is 1. The van der Waals surface area contributed by atoms with Crippen LogP contribution in [0.4, 0.5) is 0 Å². The molecule has 1 rings (SSSR count). The Bertz CT molecular complexity index is 529. The van der Waals surface area contributed by atoms with Crippen molar-refractivity contribution in [3.63, 3.8) is 0 Å². The highest BCUT2D eigenvalue weighted by molar-refractivity contribution is 7.91. The van der Waals surface area contributed by atoms with Crippen molar-refractivity contribution >= 4 is 9.84 Å². The molecule has 0 spiro atoms. The summed E-state index contributed by atoms with van der Waals surface area (Å²) < 4.78 is 28.2. The van der Waals surface area contributed by atoms with Crippen molar-refractivity contribution in [2.75, 3.05) is 18.6 Å². The van der Waals surface area contributed by atoms with Gasteiger partial charge in [-0.25, -0.2) is 8.42 Å². The first-order valence-electron chi connectivity index (χ1n) is 6.74. The molecule has 0 fully saturated rings. The van der Waals surface area contributed by atoms with Crippen molar-refractivity contribution in [2.45, 2.75) is 32.7 Å². The molecule has 0 amide bonds. The van der Waals surface area contributed by atoms with Gasteiger partial charge in [0.15, 0.2) is 0 Å². The Morgan fingerprint density at radius 1 is 1.40 bits per heavy atom. The number of hydrogen-bond donors (Lipinski definition) is 2. The average Bonchev–Trinajstić information content (AvgIpc) is 2.43. The van der Waals surface area contributed by atoms with Gasteiger partial charge in [-0.05, 0) is 37.0 Å². The first-order valence-corrected chi connectivity index (χ1v) is 8.56. The molecule has 114 valence electrons. The second kappa shape index (κ2) is 7.61. The monoisotopic (exact) mass is 300 g/mol. The lowest BCUT2D eigenvalue weighted by Gasteiger charge is -2.17. The van der Waals surface area contributed by atoms with Gasteiger partial charge in [0.25, 0.3) is 0 Å². The van der Waals surface area contributed by atoms with Gasteiger partial charge in [0.05, 0.1) is 12.9 Å². The van der Waals surface area contributed by atoms with E-state index in [1.54, 1.807) is 14.0 Å². The van der Waals surface area contributed by atoms with Crippen LogP contribution in [0.5, 0.6) is 5.75 Å². The summed E-state index contributed by atoms with van der Waals surface area (Å²) in [6.07, 6.45) is 1.28. The molecule has 0 radical (unpaired) electrons. The number of nitrogens with two attached hydrogens (primary N) is 1. The highest BCUT2D eigenvalue weighted by atomic mass is 32.2. The summed E-state index contributed by atoms with van der Waals surface area (Å²) in [6, 6.07) is 5.81. The van der Waals surface area contributed by atoms with E-state index in [0.29, 0.717) is 12.8 Å². The Morgan fingerprint density at radius 2 is 2.10 bits per heavy atom. The SMILES string of the molecule is CCS(=O)(=O)CCCC(NN)c1ccc(OC)c(C)c1. The topological polar surface area (TPSA) is 81.4 Å². The molecule has 1 aromatic carbocycles. The smallest absolute Gasteiger partial charge is 0.150 e. The average molecular weight is 300 g/mol. The van der Waals surface area contributed by atoms with E-state index in [2.05, 4.69) is 5.43 Å². The number of sulfone groups is 1. The van der Waals surface area contributed by atoms with Crippen molar-refractivity contribution in [1.82, 2.24) is 5.43 Å². The van der Waals surface area contributed by atoms with Crippen LogP contribution in [0.1, 0.15) is 36.9 Å². The number of benzene rings is 1. The first kappa shape index (κ1) is 16.9. The van der Waals surface area contributed by atoms with Crippen LogP contribution in [0.15, 0.2) is 18.2 Å². The largest absolute Gasteiger partial charge is 0.496 e. The van der Waals surface area contributed by atoms with Crippen LogP contribution in [0.3, 0.4) is 0 Å². The molecule has 0 aliphatic rings. The number of aryl methyl sites for hydroxylation is 1. The van der Waals surface area contributed by atoms with Crippen LogP contribution in [0.25, 0.3) is 0 Å². The number of ether oxygens (including phenoxy) is 1. The third-order valence-corrected chi connectivity index (χ3v) is 5.20. The standard InChI is InChI=1S/C14H24N2O3S/c1-4-20(17,18)9-5-6-13(16-15)12-7-8-14(19-3)11(2)10-12/h7-8,10,13,16H,4-6,9,15H2,1-3H3. The molecule has 1 atom stereocenters. The number of hydrogen-bond acceptors (Lipinski definition) is 5. The van der Waals surface area contributed by atoms with Crippen molar-refractivity contribution in [3.05, 3.63) is 29.3 Å². The van der Waals surface area contributed by atoms with Gasteiger partial charge in [-0.1, -0.05) is 19.1 Å². The van der Waals surface area contributed by atoms with Crippen LogP contribution in [0, 0.1) is 6.92 Å². The van der Waals surface area contributed by atoms with E-state index in [9.17, 15) is 8.42 Å². The van der Waals surface area contributed by atoms with Crippen LogP contribution in [-0.2, 0) is 9.84 Å². The molecule has 0 aliphatic carbocycles. The van der Waals surface area contributed by atoms with Crippen molar-refractivity contribution in [2.24, 2.45) is 5.84 Å². The van der Waals surface area contributed by atoms with Gasteiger partial charge in [-0.15, -0.1) is 0 Å². The summed E-state index contributed by atoms with van der Waals surface area (Å²) in [5, 5.41) is 0. The molecular weight excluding hydrogens is 276 g/mol. The lowest BCUT2D eigenvalue weighted by molar-refractivity contribution is 0.411. The molecule has 3 N–H and O–H groups in total. The van der Waals surface area contributed by atoms with Gasteiger partial charge in [0.2, 0.25) is 0 Å². The van der Waals surface area contributed by atoms with Crippen LogP contribution in [-0.4, -0.2) is 27.0 Å². The molecule has 0 aromatic heterocycles. The Hall–Kier alpha value is -1.11. The fourth-order valence-corrected chi connectivity index (χ4v) is 3.01. The van der Waals surface area contributed by atoms with Crippen molar-refractivity contribution in [3.8, 4) is 5.75 Å². The van der Waals surface area contributed by atoms with Crippen LogP contribution >= 0.6 is 0 Å². The van der Waals surface area contributed by atoms with E-state index in [0.717, 1.165) is 16.9 Å². The molecular formula is C14H24N2O3S. The second-order valence-electron chi connectivity index (χ2n) is 4.83. The highest BCUT2D eigenvalue weighted by Gasteiger charge is 2.13. The molecule has 0 bridgehead atoms. The lowest BCUT2D eigenvalue weighted by Crippen LogP contribution is -2.28. The number of rotatable bonds is 8. The summed E-state index contributed by atoms with van der Waals surface area (Å²) in [5.41, 5.74) is 4.83. The predicted molar refractivity (Wildman–Crippen MR) is 81.4 cm³/mol. The van der Waals surface area contributed by atoms with Crippen molar-refractivity contribution in [1.29, 1.82) is 0 Å². The predicted octanol–water partition coefficient (Wildman–Crippen LogP) is 1.72. The second-order valence-corrected chi connectivity index (χ2v) is 7.30. The molecule has 0 saturated heterocycles. The molecule has 6 heteroatoms. The van der Waals surface area contributed by atoms with E-state index in [1.165, 1.54) is 0 Å². The van der Waals surface area contributed by atoms with E-state index in [1.807, 2.05) is 25.1 Å². The number of nitrogens with one attached hydrogen (secondary N) is 1. The van der Waals surface area contributed by atoms with Crippen molar-refractivity contribution < 1.29 is 13.2 Å². The summed E-state index contributed by atoms with van der Waals surface area (Å²) in [5.74, 6) is 6.80. The zero-order valence-electron chi connectivity index (χ0n) is 12.3. The molecule has 20 heavy (non-hydrogen) atoms. The van der Waals surface area contributed by atoms with Crippen LogP contribution < -0.4 is 16.0 Å². The van der Waals surface area contributed by atoms with Gasteiger partial charge in [-0.2, -0.15) is 0 Å². The minimum Gasteiger partial charge on any atom is -0.496 e. The van der Waals surface area contributed by atoms with Gasteiger partial charge in [-0.3, -0.25) is 11.3 Å². The van der Waals surface area contributed by atoms with Gasteiger partial charge >= 0.3 is 0 Å². The van der Waals surface area contributed by atoms with E-state index >= 15 is 0 Å². The van der Waals surface area contributed by atoms with Gasteiger partial charge in [0, 0.05) is 11.8 Å². The number of hydrazine groups is 1. The third-order valence-electron chi connectivity index (χ3n) is 3.41. The third kappa shape index (κ3) is 4.77. The molecule has 1 unspecified atom stereocenters. The Morgan fingerprint density at radius 3 is 2.60 bits per heavy atom. The summed E-state index contributed by atoms with van der Waals surface area (Å²) >= 11 is 0. The lowest BCUT2D eigenvalue weighted by atomic mass is 10.0. The highest BCUT2D eigenvalue weighted by Crippen LogP contribution is 2.24. The normalized spacial score (nSPS) is 13.2. The van der Waals surface area contributed by atoms with E-state index in [4.69, 9.17) is 10.6 Å². The zero-order valence-corrected chi connectivity index (χ0v) is 13.2. The molecule has 5 nitrogen and oxygen atoms in total. The summed E-state index contributed by atoms with van der Waals surface area (Å²) in [6.45, 7) is 3.64. The Labute approximate surface area is 121 Å². The van der Waals surface area contributed by atoms with Crippen LogP contribution in [0.2, 0.25) is 0 Å². The molecule has 0 heterocycles. The molecule has 0 aliphatic heterocycles. The maximum Gasteiger partial charge on any atom is 0.150 e. The summed E-state index contributed by atoms with van der Waals surface area (Å²) in [4.78, 5) is 0. The molecule has 0 saturated carbocycles. The minimum absolute atomic E-state index is 0.0494. The first-order chi connectivity index (χ1) is 9.43. The maximum atomic E-state index is 11.5. The summed E-state index contributed by atoms with van der Waals surface area (Å²) in [7, 11) is -1.28. The maximum absolute atomic E-state index is 11.5. The minimum atomic E-state index is -2.91. The van der Waals surface area contributed by atoms with E-state index < -0.39 is 9.84 Å². The fraction of sp³-hybridized carbons (Fsp3) is 0.571. The van der Waals surface area contributed by atoms with E-state index in [-0.39, 0.29) is 17.5 Å². The zero-order chi connectivity index (χ0) is 15.2. The Kier molecular flexibility index (Phi) is 6.45. The van der Waals surface area contributed by atoms with Gasteiger partial charge in [0.1, 0.15) is 15.6 Å². The van der Waals surface area contributed by atoms with Gasteiger partial charge < -0.3 is 4.74 Å². The Balaban J connectivity index is 2.69.